The van der Waals surface area contributed by atoms with Gasteiger partial charge < -0.3 is 5.73 Å². The average molecular weight is 247 g/mol. The molecule has 1 aromatic rings. The number of rotatable bonds is 4. The maximum Gasteiger partial charge on any atom is 0.160 e. The zero-order valence-corrected chi connectivity index (χ0v) is 10.1. The molecule has 2 N–H and O–H groups in total. The van der Waals surface area contributed by atoms with Gasteiger partial charge in [0.05, 0.1) is 10.8 Å². The van der Waals surface area contributed by atoms with E-state index in [1.807, 2.05) is 13.8 Å². The monoisotopic (exact) mass is 247 g/mol. The molecule has 16 heavy (non-hydrogen) atoms. The minimum Gasteiger partial charge on any atom is -0.327 e. The highest BCUT2D eigenvalue weighted by atomic mass is 32.2. The molecule has 2 atom stereocenters. The fourth-order valence-corrected chi connectivity index (χ4v) is 2.46. The molecular formula is C11H15F2NOS. The molecule has 0 radical (unpaired) electrons. The lowest BCUT2D eigenvalue weighted by molar-refractivity contribution is 0.505. The van der Waals surface area contributed by atoms with Crippen LogP contribution in [0.2, 0.25) is 0 Å². The Kier molecular flexibility index (Phi) is 4.56. The van der Waals surface area contributed by atoms with Gasteiger partial charge in [-0.15, -0.1) is 0 Å². The van der Waals surface area contributed by atoms with E-state index in [0.29, 0.717) is 0 Å². The molecule has 2 nitrogen and oxygen atoms in total. The summed E-state index contributed by atoms with van der Waals surface area (Å²) >= 11 is 0. The highest BCUT2D eigenvalue weighted by Gasteiger charge is 2.14. The summed E-state index contributed by atoms with van der Waals surface area (Å²) < 4.78 is 37.3. The Bertz CT molecular complexity index is 396. The van der Waals surface area contributed by atoms with Crippen LogP contribution in [0, 0.1) is 17.6 Å². The highest BCUT2D eigenvalue weighted by molar-refractivity contribution is 7.85. The van der Waals surface area contributed by atoms with Gasteiger partial charge in [-0.25, -0.2) is 8.78 Å². The molecule has 2 unspecified atom stereocenters. The Balaban J connectivity index is 2.77. The number of benzene rings is 1. The summed E-state index contributed by atoms with van der Waals surface area (Å²) in [5.74, 6) is -1.46. The Morgan fingerprint density at radius 3 is 2.44 bits per heavy atom. The minimum atomic E-state index is -1.38. The van der Waals surface area contributed by atoms with Gasteiger partial charge in [-0.05, 0) is 24.1 Å². The molecule has 0 fully saturated rings. The van der Waals surface area contributed by atoms with Gasteiger partial charge >= 0.3 is 0 Å². The summed E-state index contributed by atoms with van der Waals surface area (Å²) in [5.41, 5.74) is 5.76. The second kappa shape index (κ2) is 5.50. The molecule has 1 rings (SSSR count). The molecule has 0 aliphatic rings. The van der Waals surface area contributed by atoms with Gasteiger partial charge in [0, 0.05) is 16.7 Å². The zero-order valence-electron chi connectivity index (χ0n) is 9.24. The van der Waals surface area contributed by atoms with Crippen LogP contribution < -0.4 is 5.73 Å². The van der Waals surface area contributed by atoms with Gasteiger partial charge in [0.15, 0.2) is 11.6 Å². The van der Waals surface area contributed by atoms with Gasteiger partial charge in [0.25, 0.3) is 0 Å². The number of hydrogen-bond acceptors (Lipinski definition) is 2. The fourth-order valence-electron chi connectivity index (χ4n) is 1.08. The van der Waals surface area contributed by atoms with Crippen molar-refractivity contribution >= 4 is 10.8 Å². The van der Waals surface area contributed by atoms with Crippen LogP contribution in [0.15, 0.2) is 23.1 Å². The van der Waals surface area contributed by atoms with Crippen LogP contribution in [0.1, 0.15) is 13.8 Å². The SMILES string of the molecule is CC(C)C(N)CS(=O)c1ccc(F)c(F)c1. The van der Waals surface area contributed by atoms with E-state index in [1.165, 1.54) is 6.07 Å². The predicted octanol–water partition coefficient (Wildman–Crippen LogP) is 2.06. The molecule has 0 aliphatic heterocycles. The summed E-state index contributed by atoms with van der Waals surface area (Å²) in [6, 6.07) is 3.04. The summed E-state index contributed by atoms with van der Waals surface area (Å²) in [7, 11) is -1.38. The molecule has 0 bridgehead atoms. The standard InChI is InChI=1S/C11H15F2NOS/c1-7(2)11(14)6-16(15)8-3-4-9(12)10(13)5-8/h3-5,7,11H,6,14H2,1-2H3. The Hall–Kier alpha value is -0.810. The van der Waals surface area contributed by atoms with Crippen molar-refractivity contribution in [3.05, 3.63) is 29.8 Å². The molecule has 90 valence electrons. The smallest absolute Gasteiger partial charge is 0.160 e. The average Bonchev–Trinajstić information content (AvgIpc) is 2.21. The molecule has 0 amide bonds. The van der Waals surface area contributed by atoms with E-state index in [1.54, 1.807) is 0 Å². The van der Waals surface area contributed by atoms with Crippen molar-refractivity contribution in [1.82, 2.24) is 0 Å². The van der Waals surface area contributed by atoms with E-state index in [-0.39, 0.29) is 22.6 Å². The second-order valence-corrected chi connectivity index (χ2v) is 5.49. The van der Waals surface area contributed by atoms with Gasteiger partial charge in [0.1, 0.15) is 0 Å². The lowest BCUT2D eigenvalue weighted by Crippen LogP contribution is -2.32. The van der Waals surface area contributed by atoms with Crippen LogP contribution in [0.25, 0.3) is 0 Å². The molecule has 0 aliphatic carbocycles. The van der Waals surface area contributed by atoms with Gasteiger partial charge in [-0.1, -0.05) is 13.8 Å². The third kappa shape index (κ3) is 3.35. The van der Waals surface area contributed by atoms with E-state index in [4.69, 9.17) is 5.73 Å². The lowest BCUT2D eigenvalue weighted by atomic mass is 10.1. The fraction of sp³-hybridized carbons (Fsp3) is 0.455. The molecular weight excluding hydrogens is 232 g/mol. The molecule has 0 aromatic heterocycles. The van der Waals surface area contributed by atoms with E-state index in [9.17, 15) is 13.0 Å². The molecule has 1 aromatic carbocycles. The van der Waals surface area contributed by atoms with Crippen LogP contribution >= 0.6 is 0 Å². The Morgan fingerprint density at radius 1 is 1.31 bits per heavy atom. The normalized spacial score (nSPS) is 15.1. The first kappa shape index (κ1) is 13.3. The van der Waals surface area contributed by atoms with Gasteiger partial charge in [-0.2, -0.15) is 0 Å². The quantitative estimate of drug-likeness (QED) is 0.885. The summed E-state index contributed by atoms with van der Waals surface area (Å²) in [5, 5.41) is 0. The van der Waals surface area contributed by atoms with Gasteiger partial charge in [-0.3, -0.25) is 4.21 Å². The number of hydrogen-bond donors (Lipinski definition) is 1. The minimum absolute atomic E-state index is 0.203. The van der Waals surface area contributed by atoms with E-state index < -0.39 is 22.4 Å². The number of halogens is 2. The predicted molar refractivity (Wildman–Crippen MR) is 60.4 cm³/mol. The Morgan fingerprint density at radius 2 is 1.94 bits per heavy atom. The van der Waals surface area contributed by atoms with Crippen molar-refractivity contribution in [1.29, 1.82) is 0 Å². The number of nitrogens with two attached hydrogens (primary N) is 1. The zero-order chi connectivity index (χ0) is 12.3. The molecule has 0 saturated heterocycles. The van der Waals surface area contributed by atoms with Gasteiger partial charge in [0.2, 0.25) is 0 Å². The first-order valence-corrected chi connectivity index (χ1v) is 6.32. The first-order chi connectivity index (χ1) is 7.41. The van der Waals surface area contributed by atoms with Crippen molar-refractivity contribution in [2.45, 2.75) is 24.8 Å². The van der Waals surface area contributed by atoms with Crippen LogP contribution in [-0.4, -0.2) is 16.0 Å². The van der Waals surface area contributed by atoms with E-state index in [2.05, 4.69) is 0 Å². The first-order valence-electron chi connectivity index (χ1n) is 5.01. The van der Waals surface area contributed by atoms with Crippen molar-refractivity contribution in [2.75, 3.05) is 5.75 Å². The van der Waals surface area contributed by atoms with E-state index in [0.717, 1.165) is 12.1 Å². The molecule has 5 heteroatoms. The van der Waals surface area contributed by atoms with E-state index >= 15 is 0 Å². The molecule has 0 spiro atoms. The third-order valence-electron chi connectivity index (χ3n) is 2.35. The van der Waals surface area contributed by atoms with Crippen molar-refractivity contribution in [3.8, 4) is 0 Å². The van der Waals surface area contributed by atoms with Crippen molar-refractivity contribution in [2.24, 2.45) is 11.7 Å². The second-order valence-electron chi connectivity index (χ2n) is 4.00. The topological polar surface area (TPSA) is 43.1 Å². The third-order valence-corrected chi connectivity index (χ3v) is 3.82. The largest absolute Gasteiger partial charge is 0.327 e. The van der Waals surface area contributed by atoms with Crippen LogP contribution in [-0.2, 0) is 10.8 Å². The van der Waals surface area contributed by atoms with Crippen LogP contribution in [0.3, 0.4) is 0 Å². The summed E-state index contributed by atoms with van der Waals surface area (Å²) in [6.07, 6.45) is 0. The molecule has 0 saturated carbocycles. The highest BCUT2D eigenvalue weighted by Crippen LogP contribution is 2.14. The Labute approximate surface area is 96.3 Å². The van der Waals surface area contributed by atoms with Crippen LogP contribution in [0.4, 0.5) is 8.78 Å². The van der Waals surface area contributed by atoms with Crippen molar-refractivity contribution < 1.29 is 13.0 Å². The maximum atomic E-state index is 12.9. The molecule has 0 heterocycles. The van der Waals surface area contributed by atoms with Crippen LogP contribution in [0.5, 0.6) is 0 Å². The maximum absolute atomic E-state index is 12.9. The summed E-state index contributed by atoms with van der Waals surface area (Å²) in [6.45, 7) is 3.85. The summed E-state index contributed by atoms with van der Waals surface area (Å²) in [4.78, 5) is 0.273. The van der Waals surface area contributed by atoms with Crippen molar-refractivity contribution in [3.63, 3.8) is 0 Å². The lowest BCUT2D eigenvalue weighted by Gasteiger charge is -2.14.